The topological polar surface area (TPSA) is 56.1 Å². The van der Waals surface area contributed by atoms with Crippen molar-refractivity contribution in [2.75, 3.05) is 0 Å². The summed E-state index contributed by atoms with van der Waals surface area (Å²) in [4.78, 5) is 11.0. The molecule has 0 saturated carbocycles. The van der Waals surface area contributed by atoms with Gasteiger partial charge < -0.3 is 0 Å². The molecule has 17 heavy (non-hydrogen) atoms. The molecule has 0 aliphatic heterocycles. The van der Waals surface area contributed by atoms with Crippen molar-refractivity contribution in [3.8, 4) is 0 Å². The molecular formula is C12H11NO3S. The van der Waals surface area contributed by atoms with E-state index in [0.29, 0.717) is 11.8 Å². The molecule has 0 saturated heterocycles. The SMILES string of the molecule is Cc1ccccc1S(=O)(=O)n1cccc1C=O. The first kappa shape index (κ1) is 11.6. The van der Waals surface area contributed by atoms with Crippen LogP contribution in [0.4, 0.5) is 0 Å². The molecule has 1 aromatic heterocycles. The lowest BCUT2D eigenvalue weighted by molar-refractivity contribution is 0.111. The number of carbonyl (C=O) groups excluding carboxylic acids is 1. The lowest BCUT2D eigenvalue weighted by Crippen LogP contribution is -2.15. The Kier molecular flexibility index (Phi) is 2.85. The highest BCUT2D eigenvalue weighted by molar-refractivity contribution is 7.90. The van der Waals surface area contributed by atoms with Crippen molar-refractivity contribution in [3.05, 3.63) is 53.9 Å². The smallest absolute Gasteiger partial charge is 0.268 e. The van der Waals surface area contributed by atoms with E-state index in [4.69, 9.17) is 0 Å². The number of hydrogen-bond donors (Lipinski definition) is 0. The molecule has 0 spiro atoms. The normalized spacial score (nSPS) is 11.4. The summed E-state index contributed by atoms with van der Waals surface area (Å²) < 4.78 is 25.6. The Balaban J connectivity index is 2.67. The van der Waals surface area contributed by atoms with Crippen molar-refractivity contribution >= 4 is 16.3 Å². The van der Waals surface area contributed by atoms with E-state index >= 15 is 0 Å². The third-order valence-corrected chi connectivity index (χ3v) is 4.36. The maximum absolute atomic E-state index is 12.3. The third-order valence-electron chi connectivity index (χ3n) is 2.49. The van der Waals surface area contributed by atoms with Gasteiger partial charge in [-0.25, -0.2) is 12.4 Å². The number of aldehydes is 1. The van der Waals surface area contributed by atoms with Crippen LogP contribution in [-0.4, -0.2) is 18.7 Å². The van der Waals surface area contributed by atoms with Crippen LogP contribution >= 0.6 is 0 Å². The number of aromatic nitrogens is 1. The molecule has 2 aromatic rings. The van der Waals surface area contributed by atoms with Crippen LogP contribution in [0.3, 0.4) is 0 Å². The van der Waals surface area contributed by atoms with Crippen molar-refractivity contribution in [2.45, 2.75) is 11.8 Å². The zero-order chi connectivity index (χ0) is 12.5. The van der Waals surface area contributed by atoms with Gasteiger partial charge in [-0.3, -0.25) is 4.79 Å². The lowest BCUT2D eigenvalue weighted by Gasteiger charge is -2.09. The second-order valence-electron chi connectivity index (χ2n) is 3.62. The number of rotatable bonds is 3. The molecule has 0 fully saturated rings. The van der Waals surface area contributed by atoms with Gasteiger partial charge in [0.15, 0.2) is 6.29 Å². The fourth-order valence-corrected chi connectivity index (χ4v) is 3.19. The Bertz CT molecular complexity index is 656. The first-order chi connectivity index (χ1) is 8.07. The Labute approximate surface area is 99.6 Å². The number of hydrogen-bond acceptors (Lipinski definition) is 3. The summed E-state index contributed by atoms with van der Waals surface area (Å²) in [6.45, 7) is 1.72. The van der Waals surface area contributed by atoms with E-state index in [1.54, 1.807) is 25.1 Å². The minimum atomic E-state index is -3.68. The highest BCUT2D eigenvalue weighted by Crippen LogP contribution is 2.19. The quantitative estimate of drug-likeness (QED) is 0.780. The van der Waals surface area contributed by atoms with Gasteiger partial charge in [0.25, 0.3) is 10.0 Å². The van der Waals surface area contributed by atoms with Gasteiger partial charge in [-0.2, -0.15) is 0 Å². The molecule has 2 rings (SSSR count). The fourth-order valence-electron chi connectivity index (χ4n) is 1.64. The van der Waals surface area contributed by atoms with E-state index in [9.17, 15) is 13.2 Å². The van der Waals surface area contributed by atoms with Crippen LogP contribution in [0.25, 0.3) is 0 Å². The molecule has 0 atom stereocenters. The van der Waals surface area contributed by atoms with E-state index in [1.165, 1.54) is 24.4 Å². The van der Waals surface area contributed by atoms with Gasteiger partial charge in [0, 0.05) is 6.20 Å². The summed E-state index contributed by atoms with van der Waals surface area (Å²) in [6.07, 6.45) is 1.89. The molecule has 0 aliphatic rings. The predicted molar refractivity (Wildman–Crippen MR) is 63.6 cm³/mol. The maximum atomic E-state index is 12.3. The molecule has 4 nitrogen and oxygen atoms in total. The van der Waals surface area contributed by atoms with Crippen molar-refractivity contribution in [1.29, 1.82) is 0 Å². The first-order valence-electron chi connectivity index (χ1n) is 5.01. The van der Waals surface area contributed by atoms with Gasteiger partial charge in [-0.05, 0) is 30.7 Å². The van der Waals surface area contributed by atoms with Crippen molar-refractivity contribution in [1.82, 2.24) is 3.97 Å². The molecule has 0 bridgehead atoms. The standard InChI is InChI=1S/C12H11NO3S/c1-10-5-2-3-7-12(10)17(15,16)13-8-4-6-11(13)9-14/h2-9H,1H3. The van der Waals surface area contributed by atoms with Crippen LogP contribution in [-0.2, 0) is 10.0 Å². The van der Waals surface area contributed by atoms with E-state index in [-0.39, 0.29) is 10.6 Å². The van der Waals surface area contributed by atoms with Crippen LogP contribution in [0.15, 0.2) is 47.5 Å². The molecule has 0 radical (unpaired) electrons. The molecule has 0 unspecified atom stereocenters. The van der Waals surface area contributed by atoms with E-state index in [0.717, 1.165) is 3.97 Å². The number of carbonyl (C=O) groups is 1. The summed E-state index contributed by atoms with van der Waals surface area (Å²) in [6, 6.07) is 9.66. The van der Waals surface area contributed by atoms with Crippen molar-refractivity contribution in [3.63, 3.8) is 0 Å². The van der Waals surface area contributed by atoms with Crippen LogP contribution in [0.2, 0.25) is 0 Å². The molecule has 0 N–H and O–H groups in total. The highest BCUT2D eigenvalue weighted by atomic mass is 32.2. The summed E-state index contributed by atoms with van der Waals surface area (Å²) in [7, 11) is -3.68. The second-order valence-corrected chi connectivity index (χ2v) is 5.40. The Hall–Kier alpha value is -1.88. The number of benzene rings is 1. The van der Waals surface area contributed by atoms with E-state index < -0.39 is 10.0 Å². The average Bonchev–Trinajstić information content (AvgIpc) is 2.78. The Morgan fingerprint density at radius 2 is 1.82 bits per heavy atom. The molecular weight excluding hydrogens is 238 g/mol. The van der Waals surface area contributed by atoms with Gasteiger partial charge in [-0.15, -0.1) is 0 Å². The zero-order valence-electron chi connectivity index (χ0n) is 9.20. The van der Waals surface area contributed by atoms with Crippen LogP contribution in [0.5, 0.6) is 0 Å². The van der Waals surface area contributed by atoms with E-state index in [2.05, 4.69) is 0 Å². The minimum Gasteiger partial charge on any atom is -0.296 e. The van der Waals surface area contributed by atoms with Crippen LogP contribution in [0.1, 0.15) is 16.1 Å². The molecule has 0 aliphatic carbocycles. The summed E-state index contributed by atoms with van der Waals surface area (Å²) in [5.74, 6) is 0. The summed E-state index contributed by atoms with van der Waals surface area (Å²) in [5.41, 5.74) is 0.770. The lowest BCUT2D eigenvalue weighted by atomic mass is 10.2. The molecule has 1 aromatic carbocycles. The van der Waals surface area contributed by atoms with Crippen LogP contribution in [0, 0.1) is 6.92 Å². The van der Waals surface area contributed by atoms with Gasteiger partial charge in [-0.1, -0.05) is 18.2 Å². The van der Waals surface area contributed by atoms with Gasteiger partial charge in [0.05, 0.1) is 10.6 Å². The van der Waals surface area contributed by atoms with Gasteiger partial charge in [0.2, 0.25) is 0 Å². The second kappa shape index (κ2) is 4.18. The molecule has 5 heteroatoms. The number of nitrogens with zero attached hydrogens (tertiary/aromatic N) is 1. The largest absolute Gasteiger partial charge is 0.296 e. The molecule has 1 heterocycles. The Morgan fingerprint density at radius 3 is 2.47 bits per heavy atom. The fraction of sp³-hybridized carbons (Fsp3) is 0.0833. The predicted octanol–water partition coefficient (Wildman–Crippen LogP) is 1.85. The average molecular weight is 249 g/mol. The maximum Gasteiger partial charge on any atom is 0.268 e. The summed E-state index contributed by atoms with van der Waals surface area (Å²) >= 11 is 0. The molecule has 0 amide bonds. The van der Waals surface area contributed by atoms with Crippen molar-refractivity contribution < 1.29 is 13.2 Å². The van der Waals surface area contributed by atoms with Crippen LogP contribution < -0.4 is 0 Å². The van der Waals surface area contributed by atoms with Crippen molar-refractivity contribution in [2.24, 2.45) is 0 Å². The Morgan fingerprint density at radius 1 is 1.12 bits per heavy atom. The monoisotopic (exact) mass is 249 g/mol. The van der Waals surface area contributed by atoms with Gasteiger partial charge in [0.1, 0.15) is 0 Å². The zero-order valence-corrected chi connectivity index (χ0v) is 10.0. The molecule has 88 valence electrons. The minimum absolute atomic E-state index is 0.119. The highest BCUT2D eigenvalue weighted by Gasteiger charge is 2.20. The van der Waals surface area contributed by atoms with Gasteiger partial charge >= 0.3 is 0 Å². The third kappa shape index (κ3) is 1.89. The summed E-state index contributed by atoms with van der Waals surface area (Å²) in [5, 5.41) is 0. The first-order valence-corrected chi connectivity index (χ1v) is 6.45. The number of aryl methyl sites for hydroxylation is 1. The van der Waals surface area contributed by atoms with E-state index in [1.807, 2.05) is 0 Å².